The average Bonchev–Trinajstić information content (AvgIpc) is 2.40. The third-order valence-electron chi connectivity index (χ3n) is 1.95. The quantitative estimate of drug-likeness (QED) is 0.274. The summed E-state index contributed by atoms with van der Waals surface area (Å²) in [4.78, 5) is 22.8. The van der Waals surface area contributed by atoms with Crippen molar-refractivity contribution >= 4 is 11.9 Å². The van der Waals surface area contributed by atoms with Crippen molar-refractivity contribution in [2.75, 3.05) is 0 Å². The van der Waals surface area contributed by atoms with Crippen molar-refractivity contribution < 1.29 is 19.1 Å². The lowest BCUT2D eigenvalue weighted by Crippen LogP contribution is -2.22. The van der Waals surface area contributed by atoms with Gasteiger partial charge in [-0.2, -0.15) is 0 Å². The molecular weight excluding hydrogens is 244 g/mol. The summed E-state index contributed by atoms with van der Waals surface area (Å²) in [6, 6.07) is 8.30. The zero-order valence-electron chi connectivity index (χ0n) is 10.5. The van der Waals surface area contributed by atoms with Crippen LogP contribution in [0.15, 0.2) is 67.0 Å². The van der Waals surface area contributed by atoms with Crippen molar-refractivity contribution in [1.29, 1.82) is 0 Å². The zero-order chi connectivity index (χ0) is 14.1. The van der Waals surface area contributed by atoms with Crippen molar-refractivity contribution in [2.45, 2.75) is 6.92 Å². The third kappa shape index (κ3) is 5.50. The number of hydrogen-bond donors (Lipinski definition) is 0. The molecule has 0 radical (unpaired) electrons. The Hall–Kier alpha value is -2.62. The van der Waals surface area contributed by atoms with Gasteiger partial charge in [-0.3, -0.25) is 0 Å². The molecule has 0 amide bonds. The third-order valence-corrected chi connectivity index (χ3v) is 1.95. The number of rotatable bonds is 4. The van der Waals surface area contributed by atoms with Crippen LogP contribution in [0.3, 0.4) is 0 Å². The van der Waals surface area contributed by atoms with Crippen LogP contribution in [0.1, 0.15) is 6.92 Å². The molecule has 98 valence electrons. The molecule has 19 heavy (non-hydrogen) atoms. The molecule has 0 aliphatic heterocycles. The molecule has 1 rings (SSSR count). The van der Waals surface area contributed by atoms with E-state index < -0.39 is 11.9 Å². The van der Waals surface area contributed by atoms with Gasteiger partial charge in [0.2, 0.25) is 0 Å². The normalized spacial score (nSPS) is 11.1. The first-order valence-electron chi connectivity index (χ1n) is 5.58. The number of benzene rings is 1. The van der Waals surface area contributed by atoms with Gasteiger partial charge in [-0.25, -0.2) is 9.59 Å². The smallest absolute Gasteiger partial charge is 0.423 e. The Morgan fingerprint density at radius 1 is 1.11 bits per heavy atom. The largest absolute Gasteiger partial charge is 0.423 e. The minimum atomic E-state index is -1.07. The molecule has 1 aromatic carbocycles. The lowest BCUT2D eigenvalue weighted by atomic mass is 10.3. The molecule has 4 heteroatoms. The minimum absolute atomic E-state index is 0.285. The standard InChI is InChI=1S/C15H14O4/c1-3-4-6-9-12(2)18-14(16)15(17)19-13-10-7-5-8-11-13/h3-11H,1H2,2H3/b6-4-,12-9+. The molecule has 0 saturated carbocycles. The average molecular weight is 258 g/mol. The van der Waals surface area contributed by atoms with Gasteiger partial charge in [0, 0.05) is 0 Å². The van der Waals surface area contributed by atoms with Crippen molar-refractivity contribution in [2.24, 2.45) is 0 Å². The van der Waals surface area contributed by atoms with E-state index >= 15 is 0 Å². The molecule has 0 atom stereocenters. The molecule has 0 unspecified atom stereocenters. The van der Waals surface area contributed by atoms with Gasteiger partial charge in [-0.1, -0.05) is 43.0 Å². The predicted molar refractivity (Wildman–Crippen MR) is 71.3 cm³/mol. The van der Waals surface area contributed by atoms with Crippen molar-refractivity contribution in [3.05, 3.63) is 67.0 Å². The van der Waals surface area contributed by atoms with Crippen molar-refractivity contribution in [1.82, 2.24) is 0 Å². The highest BCUT2D eigenvalue weighted by Crippen LogP contribution is 2.09. The van der Waals surface area contributed by atoms with Crippen LogP contribution in [0.25, 0.3) is 0 Å². The number of esters is 2. The van der Waals surface area contributed by atoms with Gasteiger partial charge in [0.25, 0.3) is 0 Å². The van der Waals surface area contributed by atoms with Crippen LogP contribution in [0.5, 0.6) is 5.75 Å². The first-order valence-corrected chi connectivity index (χ1v) is 5.58. The second-order valence-corrected chi connectivity index (χ2v) is 3.49. The number of carbonyl (C=O) groups excluding carboxylic acids is 2. The highest BCUT2D eigenvalue weighted by molar-refractivity contribution is 6.30. The number of hydrogen-bond acceptors (Lipinski definition) is 4. The molecule has 1 aromatic rings. The Bertz CT molecular complexity index is 512. The van der Waals surface area contributed by atoms with E-state index in [1.54, 1.807) is 55.5 Å². The zero-order valence-corrected chi connectivity index (χ0v) is 10.5. The van der Waals surface area contributed by atoms with E-state index in [1.807, 2.05) is 0 Å². The maximum absolute atomic E-state index is 11.4. The van der Waals surface area contributed by atoms with Gasteiger partial charge in [-0.15, -0.1) is 0 Å². The Labute approximate surface area is 111 Å². The van der Waals surface area contributed by atoms with E-state index in [9.17, 15) is 9.59 Å². The van der Waals surface area contributed by atoms with E-state index in [0.29, 0.717) is 0 Å². The topological polar surface area (TPSA) is 52.6 Å². The van der Waals surface area contributed by atoms with E-state index in [1.165, 1.54) is 6.08 Å². The highest BCUT2D eigenvalue weighted by atomic mass is 16.6. The molecule has 4 nitrogen and oxygen atoms in total. The number of para-hydroxylation sites is 1. The summed E-state index contributed by atoms with van der Waals surface area (Å²) in [6.07, 6.45) is 6.42. The SMILES string of the molecule is C=C/C=C\C=C(/C)OC(=O)C(=O)Oc1ccccc1. The summed E-state index contributed by atoms with van der Waals surface area (Å²) < 4.78 is 9.62. The van der Waals surface area contributed by atoms with Crippen molar-refractivity contribution in [3.8, 4) is 5.75 Å². The van der Waals surface area contributed by atoms with Crippen molar-refractivity contribution in [3.63, 3.8) is 0 Å². The lowest BCUT2D eigenvalue weighted by Gasteiger charge is -2.04. The van der Waals surface area contributed by atoms with Gasteiger partial charge in [-0.05, 0) is 25.1 Å². The van der Waals surface area contributed by atoms with Gasteiger partial charge in [0.15, 0.2) is 0 Å². The van der Waals surface area contributed by atoms with E-state index in [4.69, 9.17) is 9.47 Å². The molecular formula is C15H14O4. The monoisotopic (exact) mass is 258 g/mol. The van der Waals surface area contributed by atoms with Crippen LogP contribution in [0.4, 0.5) is 0 Å². The van der Waals surface area contributed by atoms with Crippen LogP contribution >= 0.6 is 0 Å². The fraction of sp³-hybridized carbons (Fsp3) is 0.0667. The van der Waals surface area contributed by atoms with Crippen LogP contribution in [-0.2, 0) is 14.3 Å². The van der Waals surface area contributed by atoms with Crippen LogP contribution in [-0.4, -0.2) is 11.9 Å². The van der Waals surface area contributed by atoms with E-state index in [0.717, 1.165) is 0 Å². The van der Waals surface area contributed by atoms with E-state index in [-0.39, 0.29) is 11.5 Å². The second-order valence-electron chi connectivity index (χ2n) is 3.49. The summed E-state index contributed by atoms with van der Waals surface area (Å²) in [5.74, 6) is -1.55. The number of ether oxygens (including phenoxy) is 2. The Morgan fingerprint density at radius 2 is 1.79 bits per heavy atom. The van der Waals surface area contributed by atoms with Gasteiger partial charge in [0.1, 0.15) is 11.5 Å². The highest BCUT2D eigenvalue weighted by Gasteiger charge is 2.18. The fourth-order valence-corrected chi connectivity index (χ4v) is 1.13. The van der Waals surface area contributed by atoms with Gasteiger partial charge >= 0.3 is 11.9 Å². The molecule has 0 aliphatic carbocycles. The Balaban J connectivity index is 2.54. The summed E-state index contributed by atoms with van der Waals surface area (Å²) in [5.41, 5.74) is 0. The lowest BCUT2D eigenvalue weighted by molar-refractivity contribution is -0.159. The number of carbonyl (C=O) groups is 2. The first-order chi connectivity index (χ1) is 9.13. The fourth-order valence-electron chi connectivity index (χ4n) is 1.13. The Morgan fingerprint density at radius 3 is 2.42 bits per heavy atom. The minimum Gasteiger partial charge on any atom is -0.423 e. The predicted octanol–water partition coefficient (Wildman–Crippen LogP) is 2.78. The molecule has 0 saturated heterocycles. The van der Waals surface area contributed by atoms with Crippen LogP contribution < -0.4 is 4.74 Å². The maximum Gasteiger partial charge on any atom is 0.423 e. The first kappa shape index (κ1) is 14.4. The molecule has 0 aliphatic rings. The summed E-state index contributed by atoms with van der Waals surface area (Å²) in [5, 5.41) is 0. The molecule has 0 fully saturated rings. The molecule has 0 bridgehead atoms. The van der Waals surface area contributed by atoms with Gasteiger partial charge < -0.3 is 9.47 Å². The van der Waals surface area contributed by atoms with E-state index in [2.05, 4.69) is 6.58 Å². The molecule has 0 N–H and O–H groups in total. The van der Waals surface area contributed by atoms with Crippen LogP contribution in [0.2, 0.25) is 0 Å². The summed E-state index contributed by atoms with van der Waals surface area (Å²) >= 11 is 0. The number of allylic oxidation sites excluding steroid dienone is 5. The summed E-state index contributed by atoms with van der Waals surface area (Å²) in [6.45, 7) is 5.05. The molecule has 0 aromatic heterocycles. The maximum atomic E-state index is 11.4. The van der Waals surface area contributed by atoms with Gasteiger partial charge in [0.05, 0.1) is 0 Å². The summed E-state index contributed by atoms with van der Waals surface area (Å²) in [7, 11) is 0. The second kappa shape index (κ2) is 7.66. The Kier molecular flexibility index (Phi) is 5.82. The van der Waals surface area contributed by atoms with Crippen LogP contribution in [0, 0.1) is 0 Å². The molecule has 0 spiro atoms. The molecule has 0 heterocycles.